The highest BCUT2D eigenvalue weighted by molar-refractivity contribution is 5.93. The van der Waals surface area contributed by atoms with Crippen molar-refractivity contribution in [3.05, 3.63) is 53.9 Å². The summed E-state index contributed by atoms with van der Waals surface area (Å²) in [6.45, 7) is 1.73. The molecule has 23 heavy (non-hydrogen) atoms. The van der Waals surface area contributed by atoms with Crippen LogP contribution in [0.3, 0.4) is 0 Å². The summed E-state index contributed by atoms with van der Waals surface area (Å²) >= 11 is 0. The maximum absolute atomic E-state index is 11.8. The van der Waals surface area contributed by atoms with E-state index in [2.05, 4.69) is 32.7 Å². The first-order valence-electron chi connectivity index (χ1n) is 7.66. The van der Waals surface area contributed by atoms with E-state index in [1.54, 1.807) is 7.11 Å². The molecule has 2 aromatic rings. The smallest absolute Gasteiger partial charge is 0.254 e. The number of aryl methyl sites for hydroxylation is 1. The number of carbonyl (C=O) groups is 1. The van der Waals surface area contributed by atoms with Crippen molar-refractivity contribution < 1.29 is 9.53 Å². The predicted molar refractivity (Wildman–Crippen MR) is 89.5 cm³/mol. The molecule has 1 aromatic carbocycles. The van der Waals surface area contributed by atoms with Gasteiger partial charge in [-0.2, -0.15) is 0 Å². The Morgan fingerprint density at radius 2 is 1.87 bits per heavy atom. The number of nitrogens with one attached hydrogen (secondary N) is 2. The maximum Gasteiger partial charge on any atom is 0.254 e. The van der Waals surface area contributed by atoms with E-state index in [0.29, 0.717) is 24.7 Å². The molecule has 6 nitrogen and oxygen atoms in total. The van der Waals surface area contributed by atoms with Crippen LogP contribution in [0.1, 0.15) is 22.3 Å². The number of aromatic nitrogens is 2. The Hall–Kier alpha value is -2.47. The van der Waals surface area contributed by atoms with Crippen molar-refractivity contribution in [3.63, 3.8) is 0 Å². The summed E-state index contributed by atoms with van der Waals surface area (Å²) in [4.78, 5) is 20.1. The molecule has 2 N–H and O–H groups in total. The summed E-state index contributed by atoms with van der Waals surface area (Å²) in [5.41, 5.74) is 1.76. The molecule has 1 aromatic heterocycles. The number of hydrogen-bond donors (Lipinski definition) is 2. The molecular weight excluding hydrogens is 292 g/mol. The lowest BCUT2D eigenvalue weighted by atomic mass is 10.1. The van der Waals surface area contributed by atoms with E-state index in [4.69, 9.17) is 4.74 Å². The van der Waals surface area contributed by atoms with Crippen LogP contribution in [-0.4, -0.2) is 42.7 Å². The minimum Gasteiger partial charge on any atom is -0.383 e. The van der Waals surface area contributed by atoms with Gasteiger partial charge in [-0.1, -0.05) is 30.3 Å². The Morgan fingerprint density at radius 3 is 2.57 bits per heavy atom. The van der Waals surface area contributed by atoms with Crippen LogP contribution in [0.25, 0.3) is 0 Å². The van der Waals surface area contributed by atoms with E-state index in [9.17, 15) is 4.79 Å². The van der Waals surface area contributed by atoms with Gasteiger partial charge >= 0.3 is 0 Å². The first-order valence-corrected chi connectivity index (χ1v) is 7.66. The van der Waals surface area contributed by atoms with Crippen LogP contribution in [-0.2, 0) is 11.2 Å². The molecule has 0 atom stereocenters. The number of nitrogens with zero attached hydrogens (tertiary/aromatic N) is 2. The van der Waals surface area contributed by atoms with Crippen LogP contribution in [0.4, 0.5) is 5.95 Å². The molecule has 0 saturated carbocycles. The van der Waals surface area contributed by atoms with Gasteiger partial charge in [-0.15, -0.1) is 0 Å². The van der Waals surface area contributed by atoms with E-state index in [0.717, 1.165) is 19.4 Å². The van der Waals surface area contributed by atoms with Crippen LogP contribution in [0.2, 0.25) is 0 Å². The number of carbonyl (C=O) groups excluding carboxylic acids is 1. The average molecular weight is 314 g/mol. The van der Waals surface area contributed by atoms with E-state index >= 15 is 0 Å². The fourth-order valence-electron chi connectivity index (χ4n) is 2.04. The van der Waals surface area contributed by atoms with E-state index in [1.165, 1.54) is 18.0 Å². The fourth-order valence-corrected chi connectivity index (χ4v) is 2.04. The Balaban J connectivity index is 1.71. The lowest BCUT2D eigenvalue weighted by molar-refractivity contribution is 0.0936. The van der Waals surface area contributed by atoms with Crippen molar-refractivity contribution in [2.45, 2.75) is 12.8 Å². The molecule has 1 amide bonds. The lowest BCUT2D eigenvalue weighted by Crippen LogP contribution is -2.27. The zero-order chi connectivity index (χ0) is 16.3. The van der Waals surface area contributed by atoms with Crippen molar-refractivity contribution in [2.75, 3.05) is 32.1 Å². The molecule has 0 fully saturated rings. The molecule has 0 aliphatic heterocycles. The molecule has 0 radical (unpaired) electrons. The molecule has 0 aliphatic carbocycles. The van der Waals surface area contributed by atoms with E-state index in [1.807, 2.05) is 18.2 Å². The van der Waals surface area contributed by atoms with Gasteiger partial charge in [0.05, 0.1) is 12.2 Å². The van der Waals surface area contributed by atoms with Crippen LogP contribution in [0, 0.1) is 0 Å². The normalized spacial score (nSPS) is 10.3. The Labute approximate surface area is 136 Å². The lowest BCUT2D eigenvalue weighted by Gasteiger charge is -2.06. The number of ether oxygens (including phenoxy) is 1. The molecular formula is C17H22N4O2. The molecule has 6 heteroatoms. The second-order valence-electron chi connectivity index (χ2n) is 5.06. The van der Waals surface area contributed by atoms with Crippen molar-refractivity contribution in [2.24, 2.45) is 0 Å². The van der Waals surface area contributed by atoms with Gasteiger partial charge in [0.2, 0.25) is 5.95 Å². The average Bonchev–Trinajstić information content (AvgIpc) is 2.60. The zero-order valence-electron chi connectivity index (χ0n) is 13.3. The number of anilines is 1. The van der Waals surface area contributed by atoms with E-state index < -0.39 is 0 Å². The summed E-state index contributed by atoms with van der Waals surface area (Å²) in [7, 11) is 1.59. The highest BCUT2D eigenvalue weighted by Gasteiger charge is 2.06. The number of hydrogen-bond acceptors (Lipinski definition) is 5. The Bertz CT molecular complexity index is 587. The molecule has 0 unspecified atom stereocenters. The van der Waals surface area contributed by atoms with Gasteiger partial charge in [0.1, 0.15) is 0 Å². The SMILES string of the molecule is COCCNC(=O)c1cnc(NCCCc2ccccc2)nc1. The van der Waals surface area contributed by atoms with Crippen LogP contribution in [0.15, 0.2) is 42.7 Å². The number of benzene rings is 1. The topological polar surface area (TPSA) is 76.1 Å². The second kappa shape index (κ2) is 9.53. The van der Waals surface area contributed by atoms with Gasteiger partial charge in [-0.05, 0) is 18.4 Å². The molecule has 0 saturated heterocycles. The Kier molecular flexibility index (Phi) is 7.00. The van der Waals surface area contributed by atoms with Crippen molar-refractivity contribution in [3.8, 4) is 0 Å². The number of methoxy groups -OCH3 is 1. The van der Waals surface area contributed by atoms with Gasteiger partial charge in [0.15, 0.2) is 0 Å². The van der Waals surface area contributed by atoms with Crippen molar-refractivity contribution in [1.82, 2.24) is 15.3 Å². The first-order chi connectivity index (χ1) is 11.3. The standard InChI is InChI=1S/C17H22N4O2/c1-23-11-10-18-16(22)15-12-20-17(21-13-15)19-9-5-8-14-6-3-2-4-7-14/h2-4,6-7,12-13H,5,8-11H2,1H3,(H,18,22)(H,19,20,21). The highest BCUT2D eigenvalue weighted by atomic mass is 16.5. The molecule has 2 rings (SSSR count). The third-order valence-electron chi connectivity index (χ3n) is 3.27. The van der Waals surface area contributed by atoms with Gasteiger partial charge in [0, 0.05) is 32.6 Å². The third-order valence-corrected chi connectivity index (χ3v) is 3.27. The highest BCUT2D eigenvalue weighted by Crippen LogP contribution is 2.04. The summed E-state index contributed by atoms with van der Waals surface area (Å²) in [5, 5.41) is 5.88. The number of rotatable bonds is 9. The summed E-state index contributed by atoms with van der Waals surface area (Å²) in [6.07, 6.45) is 5.05. The predicted octanol–water partition coefficient (Wildman–Crippen LogP) is 1.90. The van der Waals surface area contributed by atoms with Gasteiger partial charge in [0.25, 0.3) is 5.91 Å². The second-order valence-corrected chi connectivity index (χ2v) is 5.06. The van der Waals surface area contributed by atoms with E-state index in [-0.39, 0.29) is 5.91 Å². The van der Waals surface area contributed by atoms with Gasteiger partial charge in [-0.25, -0.2) is 9.97 Å². The van der Waals surface area contributed by atoms with Crippen LogP contribution in [0.5, 0.6) is 0 Å². The summed E-state index contributed by atoms with van der Waals surface area (Å²) in [6, 6.07) is 10.3. The van der Waals surface area contributed by atoms with Crippen molar-refractivity contribution >= 4 is 11.9 Å². The quantitative estimate of drug-likeness (QED) is 0.691. The maximum atomic E-state index is 11.8. The van der Waals surface area contributed by atoms with Gasteiger partial charge < -0.3 is 15.4 Å². The fraction of sp³-hybridized carbons (Fsp3) is 0.353. The minimum atomic E-state index is -0.197. The molecule has 122 valence electrons. The van der Waals surface area contributed by atoms with Crippen LogP contribution < -0.4 is 10.6 Å². The molecule has 0 aliphatic rings. The molecule has 0 bridgehead atoms. The molecule has 1 heterocycles. The summed E-state index contributed by atoms with van der Waals surface area (Å²) < 4.78 is 4.88. The van der Waals surface area contributed by atoms with Crippen molar-refractivity contribution in [1.29, 1.82) is 0 Å². The zero-order valence-corrected chi connectivity index (χ0v) is 13.3. The van der Waals surface area contributed by atoms with Gasteiger partial charge in [-0.3, -0.25) is 4.79 Å². The Morgan fingerprint density at radius 1 is 1.13 bits per heavy atom. The first kappa shape index (κ1) is 16.9. The molecule has 0 spiro atoms. The summed E-state index contributed by atoms with van der Waals surface area (Å²) in [5.74, 6) is 0.337. The monoisotopic (exact) mass is 314 g/mol. The number of amides is 1. The third kappa shape index (κ3) is 6.04. The van der Waals surface area contributed by atoms with Crippen LogP contribution >= 0.6 is 0 Å². The minimum absolute atomic E-state index is 0.197. The largest absolute Gasteiger partial charge is 0.383 e.